The molecule has 0 unspecified atom stereocenters. The number of rotatable bonds is 2. The van der Waals surface area contributed by atoms with Crippen LogP contribution in [0.5, 0.6) is 0 Å². The minimum Gasteiger partial charge on any atom is -0.455 e. The first-order valence-electron chi connectivity index (χ1n) is 8.33. The molecule has 1 aromatic heterocycles. The zero-order valence-corrected chi connectivity index (χ0v) is 14.4. The van der Waals surface area contributed by atoms with Gasteiger partial charge < -0.3 is 9.73 Å². The molecule has 2 aromatic rings. The Bertz CT molecular complexity index is 824. The lowest BCUT2D eigenvalue weighted by atomic mass is 9.94. The number of nitrogens with one attached hydrogen (secondary N) is 1. The van der Waals surface area contributed by atoms with E-state index < -0.39 is 0 Å². The van der Waals surface area contributed by atoms with Crippen molar-refractivity contribution in [1.82, 2.24) is 5.32 Å². The van der Waals surface area contributed by atoms with Gasteiger partial charge in [-0.15, -0.1) is 11.8 Å². The molecule has 0 saturated heterocycles. The molecular formula is C19H19NO3S. The third-order valence-corrected chi connectivity index (χ3v) is 5.90. The van der Waals surface area contributed by atoms with Crippen molar-refractivity contribution in [3.63, 3.8) is 0 Å². The maximum absolute atomic E-state index is 12.7. The summed E-state index contributed by atoms with van der Waals surface area (Å²) >= 11 is 1.82. The largest absolute Gasteiger partial charge is 0.455 e. The minimum atomic E-state index is -0.221. The van der Waals surface area contributed by atoms with Crippen molar-refractivity contribution in [2.45, 2.75) is 43.5 Å². The van der Waals surface area contributed by atoms with Crippen molar-refractivity contribution in [3.8, 4) is 0 Å². The zero-order chi connectivity index (χ0) is 16.7. The first kappa shape index (κ1) is 15.5. The van der Waals surface area contributed by atoms with Crippen LogP contribution in [0.25, 0.3) is 0 Å². The smallest absolute Gasteiger partial charge is 0.287 e. The number of Topliss-reactive ketones (excluding diaryl/α,β-unsaturated/α-hetero) is 1. The van der Waals surface area contributed by atoms with Gasteiger partial charge in [0.1, 0.15) is 5.76 Å². The van der Waals surface area contributed by atoms with Crippen LogP contribution < -0.4 is 5.32 Å². The third kappa shape index (κ3) is 2.57. The van der Waals surface area contributed by atoms with Gasteiger partial charge in [-0.2, -0.15) is 0 Å². The van der Waals surface area contributed by atoms with Gasteiger partial charge in [0.2, 0.25) is 0 Å². The molecular weight excluding hydrogens is 322 g/mol. The van der Waals surface area contributed by atoms with E-state index in [9.17, 15) is 9.59 Å². The molecule has 1 N–H and O–H groups in total. The Hall–Kier alpha value is -2.01. The second-order valence-electron chi connectivity index (χ2n) is 6.33. The molecule has 0 fully saturated rings. The molecule has 2 aliphatic rings. The van der Waals surface area contributed by atoms with E-state index in [1.54, 1.807) is 0 Å². The van der Waals surface area contributed by atoms with Crippen LogP contribution in [-0.4, -0.2) is 17.4 Å². The van der Waals surface area contributed by atoms with Crippen molar-refractivity contribution in [2.24, 2.45) is 0 Å². The monoisotopic (exact) mass is 341 g/mol. The van der Waals surface area contributed by atoms with Gasteiger partial charge in [0.25, 0.3) is 5.91 Å². The number of aryl methyl sites for hydroxylation is 1. The van der Waals surface area contributed by atoms with Crippen molar-refractivity contribution >= 4 is 23.5 Å². The Morgan fingerprint density at radius 3 is 2.96 bits per heavy atom. The number of ketones is 1. The van der Waals surface area contributed by atoms with Crippen LogP contribution in [0, 0.1) is 6.92 Å². The van der Waals surface area contributed by atoms with Crippen LogP contribution in [-0.2, 0) is 6.42 Å². The molecule has 124 valence electrons. The third-order valence-electron chi connectivity index (χ3n) is 4.78. The first-order chi connectivity index (χ1) is 11.6. The Morgan fingerprint density at radius 1 is 1.29 bits per heavy atom. The van der Waals surface area contributed by atoms with Gasteiger partial charge in [-0.05, 0) is 31.4 Å². The number of furan rings is 1. The summed E-state index contributed by atoms with van der Waals surface area (Å²) in [7, 11) is 0. The molecule has 0 saturated carbocycles. The van der Waals surface area contributed by atoms with Crippen molar-refractivity contribution in [2.75, 3.05) is 5.75 Å². The summed E-state index contributed by atoms with van der Waals surface area (Å²) in [6.45, 7) is 1.81. The van der Waals surface area contributed by atoms with Gasteiger partial charge in [-0.25, -0.2) is 0 Å². The molecule has 0 radical (unpaired) electrons. The highest BCUT2D eigenvalue weighted by Crippen LogP contribution is 2.36. The second kappa shape index (κ2) is 6.13. The van der Waals surface area contributed by atoms with Gasteiger partial charge in [0, 0.05) is 29.1 Å². The lowest BCUT2D eigenvalue weighted by Crippen LogP contribution is -2.30. The molecule has 0 bridgehead atoms. The van der Waals surface area contributed by atoms with E-state index in [0.717, 1.165) is 30.6 Å². The van der Waals surface area contributed by atoms with Crippen LogP contribution >= 0.6 is 11.8 Å². The van der Waals surface area contributed by atoms with Gasteiger partial charge >= 0.3 is 0 Å². The van der Waals surface area contributed by atoms with E-state index in [2.05, 4.69) is 17.4 Å². The average Bonchev–Trinajstić information content (AvgIpc) is 2.93. The zero-order valence-electron chi connectivity index (χ0n) is 13.6. The van der Waals surface area contributed by atoms with E-state index in [1.807, 2.05) is 30.8 Å². The quantitative estimate of drug-likeness (QED) is 0.894. The standard InChI is InChI=1S/C19H19NO3S/c1-11-17-14(21)6-4-7-15(17)23-18(11)19(22)20-13-9-10-24-16-8-3-2-5-12(13)16/h2-3,5,8,13H,4,6-7,9-10H2,1H3,(H,20,22)/t13-/m0/s1. The lowest BCUT2D eigenvalue weighted by molar-refractivity contribution is 0.0901. The van der Waals surface area contributed by atoms with Crippen molar-refractivity contribution in [1.29, 1.82) is 0 Å². The summed E-state index contributed by atoms with van der Waals surface area (Å²) in [6, 6.07) is 8.17. The van der Waals surface area contributed by atoms with Crippen LogP contribution in [0.4, 0.5) is 0 Å². The lowest BCUT2D eigenvalue weighted by Gasteiger charge is -2.25. The number of benzene rings is 1. The predicted octanol–water partition coefficient (Wildman–Crippen LogP) is 4.07. The van der Waals surface area contributed by atoms with E-state index in [0.29, 0.717) is 29.1 Å². The Kier molecular flexibility index (Phi) is 3.96. The summed E-state index contributed by atoms with van der Waals surface area (Å²) in [5.41, 5.74) is 2.48. The van der Waals surface area contributed by atoms with E-state index in [4.69, 9.17) is 4.42 Å². The van der Waals surface area contributed by atoms with Gasteiger partial charge in [0.15, 0.2) is 11.5 Å². The fraction of sp³-hybridized carbons (Fsp3) is 0.368. The number of carbonyl (C=O) groups is 2. The molecule has 1 aliphatic heterocycles. The predicted molar refractivity (Wildman–Crippen MR) is 92.7 cm³/mol. The van der Waals surface area contributed by atoms with Gasteiger partial charge in [0.05, 0.1) is 11.6 Å². The number of carbonyl (C=O) groups excluding carboxylic acids is 2. The molecule has 24 heavy (non-hydrogen) atoms. The van der Waals surface area contributed by atoms with E-state index in [1.165, 1.54) is 4.90 Å². The summed E-state index contributed by atoms with van der Waals surface area (Å²) in [4.78, 5) is 26.1. The topological polar surface area (TPSA) is 59.3 Å². The van der Waals surface area contributed by atoms with Crippen LogP contribution in [0.2, 0.25) is 0 Å². The van der Waals surface area contributed by atoms with Crippen molar-refractivity contribution < 1.29 is 14.0 Å². The first-order valence-corrected chi connectivity index (χ1v) is 9.31. The van der Waals surface area contributed by atoms with Crippen LogP contribution in [0.15, 0.2) is 33.6 Å². The number of hydrogen-bond donors (Lipinski definition) is 1. The number of amides is 1. The number of fused-ring (bicyclic) bond motifs is 2. The highest BCUT2D eigenvalue weighted by molar-refractivity contribution is 7.99. The Labute approximate surface area is 145 Å². The highest BCUT2D eigenvalue weighted by atomic mass is 32.2. The highest BCUT2D eigenvalue weighted by Gasteiger charge is 2.30. The fourth-order valence-corrected chi connectivity index (χ4v) is 4.71. The Balaban J connectivity index is 1.61. The maximum atomic E-state index is 12.7. The molecule has 5 heteroatoms. The molecule has 1 atom stereocenters. The van der Waals surface area contributed by atoms with Crippen molar-refractivity contribution in [3.05, 3.63) is 52.5 Å². The minimum absolute atomic E-state index is 0.00724. The molecule has 4 rings (SSSR count). The van der Waals surface area contributed by atoms with Gasteiger partial charge in [-0.1, -0.05) is 18.2 Å². The van der Waals surface area contributed by atoms with Crippen LogP contribution in [0.1, 0.15) is 63.1 Å². The number of thioether (sulfide) groups is 1. The second-order valence-corrected chi connectivity index (χ2v) is 7.47. The summed E-state index contributed by atoms with van der Waals surface area (Å²) in [5.74, 6) is 1.82. The summed E-state index contributed by atoms with van der Waals surface area (Å²) in [5, 5.41) is 3.10. The summed E-state index contributed by atoms with van der Waals surface area (Å²) in [6.07, 6.45) is 2.97. The average molecular weight is 341 g/mol. The molecule has 1 amide bonds. The summed E-state index contributed by atoms with van der Waals surface area (Å²) < 4.78 is 5.76. The molecule has 1 aromatic carbocycles. The Morgan fingerprint density at radius 2 is 2.12 bits per heavy atom. The van der Waals surface area contributed by atoms with E-state index >= 15 is 0 Å². The van der Waals surface area contributed by atoms with E-state index in [-0.39, 0.29) is 17.7 Å². The maximum Gasteiger partial charge on any atom is 0.287 e. The normalized spacial score (nSPS) is 19.5. The fourth-order valence-electron chi connectivity index (χ4n) is 3.58. The van der Waals surface area contributed by atoms with Crippen LogP contribution in [0.3, 0.4) is 0 Å². The van der Waals surface area contributed by atoms with Gasteiger partial charge in [-0.3, -0.25) is 9.59 Å². The molecule has 4 nitrogen and oxygen atoms in total. The molecule has 0 spiro atoms. The molecule has 1 aliphatic carbocycles. The molecule has 2 heterocycles. The SMILES string of the molecule is Cc1c(C(=O)N[C@H]2CCSc3ccccc32)oc2c1C(=O)CCC2. The number of hydrogen-bond acceptors (Lipinski definition) is 4.